The topological polar surface area (TPSA) is 86.4 Å². The van der Waals surface area contributed by atoms with Crippen molar-refractivity contribution in [2.24, 2.45) is 0 Å². The van der Waals surface area contributed by atoms with Gasteiger partial charge in [0.2, 0.25) is 0 Å². The summed E-state index contributed by atoms with van der Waals surface area (Å²) < 4.78 is 10.8. The Kier molecular flexibility index (Phi) is 9.85. The molecule has 2 fully saturated rings. The van der Waals surface area contributed by atoms with Crippen LogP contribution in [0.1, 0.15) is 26.3 Å². The molecule has 9 heteroatoms. The Balaban J connectivity index is 1.29. The van der Waals surface area contributed by atoms with Crippen molar-refractivity contribution in [3.8, 4) is 5.75 Å². The third-order valence-corrected chi connectivity index (χ3v) is 7.63. The van der Waals surface area contributed by atoms with E-state index >= 15 is 0 Å². The average molecular weight is 558 g/mol. The van der Waals surface area contributed by atoms with Crippen LogP contribution in [0.5, 0.6) is 5.75 Å². The largest absolute Gasteiger partial charge is 0.496 e. The number of ether oxygens (including phenoxy) is 2. The molecule has 0 unspecified atom stereocenters. The van der Waals surface area contributed by atoms with Gasteiger partial charge in [-0.25, -0.2) is 0 Å². The van der Waals surface area contributed by atoms with Gasteiger partial charge in [-0.3, -0.25) is 19.4 Å². The van der Waals surface area contributed by atoms with Crippen LogP contribution in [-0.4, -0.2) is 94.3 Å². The fourth-order valence-electron chi connectivity index (χ4n) is 5.34. The summed E-state index contributed by atoms with van der Waals surface area (Å²) in [6, 6.07) is 23.2. The van der Waals surface area contributed by atoms with Crippen molar-refractivity contribution in [3.05, 3.63) is 89.5 Å². The Bertz CT molecular complexity index is 1300. The molecule has 2 amide bonds. The summed E-state index contributed by atoms with van der Waals surface area (Å²) >= 11 is 0. The molecular weight excluding hydrogens is 518 g/mol. The smallest absolute Gasteiger partial charge is 0.259 e. The van der Waals surface area contributed by atoms with Crippen LogP contribution in [0.15, 0.2) is 72.8 Å². The molecule has 0 atom stereocenters. The SMILES string of the molecule is COc1ccccc1C(=O)Nc1ccc(N2CCN(Cc3ccccc3)CC2)c(C(=O)NCCN2CCOCC2)c1. The number of rotatable bonds is 10. The number of carbonyl (C=O) groups is 2. The van der Waals surface area contributed by atoms with Crippen LogP contribution in [0.2, 0.25) is 0 Å². The fraction of sp³-hybridized carbons (Fsp3) is 0.375. The summed E-state index contributed by atoms with van der Waals surface area (Å²) in [6.07, 6.45) is 0. The standard InChI is InChI=1S/C32H39N5O4/c1-40-30-10-6-5-9-27(30)32(39)34-26-11-12-29(28(23-26)31(38)33-13-14-35-19-21-41-22-20-35)37-17-15-36(16-18-37)24-25-7-3-2-4-8-25/h2-12,23H,13-22,24H2,1H3,(H,33,38)(H,34,39). The van der Waals surface area contributed by atoms with Crippen molar-refractivity contribution in [1.82, 2.24) is 15.1 Å². The van der Waals surface area contributed by atoms with Crippen molar-refractivity contribution in [1.29, 1.82) is 0 Å². The van der Waals surface area contributed by atoms with Crippen LogP contribution in [0.25, 0.3) is 0 Å². The molecule has 0 aliphatic carbocycles. The summed E-state index contributed by atoms with van der Waals surface area (Å²) in [5, 5.41) is 6.06. The number of hydrogen-bond acceptors (Lipinski definition) is 7. The predicted octanol–water partition coefficient (Wildman–Crippen LogP) is 3.33. The van der Waals surface area contributed by atoms with Crippen LogP contribution in [0.3, 0.4) is 0 Å². The van der Waals surface area contributed by atoms with E-state index in [1.54, 1.807) is 31.4 Å². The van der Waals surface area contributed by atoms with Gasteiger partial charge in [0.1, 0.15) is 5.75 Å². The molecule has 41 heavy (non-hydrogen) atoms. The molecule has 5 rings (SSSR count). The number of nitrogens with one attached hydrogen (secondary N) is 2. The lowest BCUT2D eigenvalue weighted by Crippen LogP contribution is -2.46. The van der Waals surface area contributed by atoms with E-state index in [4.69, 9.17) is 9.47 Å². The highest BCUT2D eigenvalue weighted by Gasteiger charge is 2.23. The van der Waals surface area contributed by atoms with Crippen molar-refractivity contribution in [2.45, 2.75) is 6.54 Å². The van der Waals surface area contributed by atoms with Crippen molar-refractivity contribution in [3.63, 3.8) is 0 Å². The maximum absolute atomic E-state index is 13.5. The minimum Gasteiger partial charge on any atom is -0.496 e. The number of benzene rings is 3. The second-order valence-electron chi connectivity index (χ2n) is 10.3. The first-order chi connectivity index (χ1) is 20.1. The van der Waals surface area contributed by atoms with Crippen molar-refractivity contribution >= 4 is 23.2 Å². The summed E-state index contributed by atoms with van der Waals surface area (Å²) in [4.78, 5) is 33.6. The van der Waals surface area contributed by atoms with E-state index in [0.29, 0.717) is 29.1 Å². The highest BCUT2D eigenvalue weighted by Crippen LogP contribution is 2.27. The average Bonchev–Trinajstić information content (AvgIpc) is 3.02. The lowest BCUT2D eigenvalue weighted by atomic mass is 10.1. The molecule has 2 heterocycles. The van der Waals surface area contributed by atoms with Gasteiger partial charge in [-0.05, 0) is 35.9 Å². The first kappa shape index (κ1) is 28.6. The van der Waals surface area contributed by atoms with Gasteiger partial charge in [-0.2, -0.15) is 0 Å². The van der Waals surface area contributed by atoms with E-state index in [1.807, 2.05) is 24.3 Å². The third-order valence-electron chi connectivity index (χ3n) is 7.63. The van der Waals surface area contributed by atoms with E-state index in [2.05, 4.69) is 49.6 Å². The second-order valence-corrected chi connectivity index (χ2v) is 10.3. The molecule has 2 aliphatic rings. The zero-order valence-corrected chi connectivity index (χ0v) is 23.7. The Hall–Kier alpha value is -3.92. The highest BCUT2D eigenvalue weighted by atomic mass is 16.5. The van der Waals surface area contributed by atoms with Gasteiger partial charge in [0.15, 0.2) is 0 Å². The van der Waals surface area contributed by atoms with E-state index in [9.17, 15) is 9.59 Å². The lowest BCUT2D eigenvalue weighted by Gasteiger charge is -2.37. The Morgan fingerprint density at radius 1 is 0.805 bits per heavy atom. The quantitative estimate of drug-likeness (QED) is 0.396. The number of morpholine rings is 1. The van der Waals surface area contributed by atoms with Crippen LogP contribution in [-0.2, 0) is 11.3 Å². The molecule has 0 saturated carbocycles. The van der Waals surface area contributed by atoms with Gasteiger partial charge < -0.3 is 25.0 Å². The number of anilines is 2. The highest BCUT2D eigenvalue weighted by molar-refractivity contribution is 6.07. The van der Waals surface area contributed by atoms with E-state index in [-0.39, 0.29) is 11.8 Å². The minimum absolute atomic E-state index is 0.145. The lowest BCUT2D eigenvalue weighted by molar-refractivity contribution is 0.0383. The number of hydrogen-bond donors (Lipinski definition) is 2. The van der Waals surface area contributed by atoms with Gasteiger partial charge in [0.05, 0.1) is 31.5 Å². The van der Waals surface area contributed by atoms with Crippen LogP contribution in [0, 0.1) is 0 Å². The molecule has 2 aliphatic heterocycles. The molecular formula is C32H39N5O4. The molecule has 9 nitrogen and oxygen atoms in total. The van der Waals surface area contributed by atoms with Gasteiger partial charge in [-0.1, -0.05) is 42.5 Å². The zero-order valence-electron chi connectivity index (χ0n) is 23.7. The molecule has 3 aromatic carbocycles. The molecule has 3 aromatic rings. The van der Waals surface area contributed by atoms with Crippen molar-refractivity contribution < 1.29 is 19.1 Å². The number of methoxy groups -OCH3 is 1. The summed E-state index contributed by atoms with van der Waals surface area (Å²) in [6.45, 7) is 8.85. The first-order valence-corrected chi connectivity index (χ1v) is 14.3. The summed E-state index contributed by atoms with van der Waals surface area (Å²) in [5.74, 6) is 0.0628. The normalized spacial score (nSPS) is 16.3. The van der Waals surface area contributed by atoms with Crippen LogP contribution >= 0.6 is 0 Å². The number of para-hydroxylation sites is 1. The van der Waals surface area contributed by atoms with Gasteiger partial charge in [0.25, 0.3) is 11.8 Å². The Labute approximate surface area is 242 Å². The van der Waals surface area contributed by atoms with Crippen LogP contribution in [0.4, 0.5) is 11.4 Å². The number of amides is 2. The number of nitrogens with zero attached hydrogens (tertiary/aromatic N) is 3. The fourth-order valence-corrected chi connectivity index (χ4v) is 5.34. The second kappa shape index (κ2) is 14.1. The molecule has 2 N–H and O–H groups in total. The maximum atomic E-state index is 13.5. The predicted molar refractivity (Wildman–Crippen MR) is 161 cm³/mol. The van der Waals surface area contributed by atoms with Gasteiger partial charge >= 0.3 is 0 Å². The number of carbonyl (C=O) groups excluding carboxylic acids is 2. The Morgan fingerprint density at radius 2 is 1.54 bits per heavy atom. The van der Waals surface area contributed by atoms with Gasteiger partial charge in [0, 0.05) is 70.3 Å². The third kappa shape index (κ3) is 7.64. The van der Waals surface area contributed by atoms with E-state index < -0.39 is 0 Å². The first-order valence-electron chi connectivity index (χ1n) is 14.3. The van der Waals surface area contributed by atoms with Crippen molar-refractivity contribution in [2.75, 3.05) is 82.9 Å². The Morgan fingerprint density at radius 3 is 2.29 bits per heavy atom. The molecule has 216 valence electrons. The molecule has 0 radical (unpaired) electrons. The number of piperazine rings is 1. The van der Waals surface area contributed by atoms with E-state index in [1.165, 1.54) is 5.56 Å². The molecule has 0 aromatic heterocycles. The van der Waals surface area contributed by atoms with Gasteiger partial charge in [-0.15, -0.1) is 0 Å². The monoisotopic (exact) mass is 557 g/mol. The molecule has 0 bridgehead atoms. The molecule has 0 spiro atoms. The zero-order chi connectivity index (χ0) is 28.4. The van der Waals surface area contributed by atoms with Crippen LogP contribution < -0.4 is 20.3 Å². The summed E-state index contributed by atoms with van der Waals surface area (Å²) in [7, 11) is 1.54. The maximum Gasteiger partial charge on any atom is 0.259 e. The summed E-state index contributed by atoms with van der Waals surface area (Å²) in [5.41, 5.74) is 3.73. The molecule has 2 saturated heterocycles. The van der Waals surface area contributed by atoms with E-state index in [0.717, 1.165) is 71.3 Å². The minimum atomic E-state index is -0.289.